The first-order valence-corrected chi connectivity index (χ1v) is 10.5. The zero-order valence-electron chi connectivity index (χ0n) is 18.2. The number of rotatable bonds is 7. The predicted molar refractivity (Wildman–Crippen MR) is 126 cm³/mol. The number of hydrazone groups is 1. The van der Waals surface area contributed by atoms with Gasteiger partial charge in [-0.1, -0.05) is 37.3 Å². The van der Waals surface area contributed by atoms with E-state index < -0.39 is 0 Å². The Kier molecular flexibility index (Phi) is 6.32. The van der Waals surface area contributed by atoms with Crippen molar-refractivity contribution in [3.8, 4) is 11.5 Å². The van der Waals surface area contributed by atoms with Crippen molar-refractivity contribution in [2.75, 3.05) is 19.2 Å². The number of allylic oxidation sites excluding steroid dienone is 1. The van der Waals surface area contributed by atoms with E-state index in [4.69, 9.17) is 14.6 Å². The zero-order valence-corrected chi connectivity index (χ0v) is 18.2. The summed E-state index contributed by atoms with van der Waals surface area (Å²) in [5.41, 5.74) is 5.44. The van der Waals surface area contributed by atoms with Crippen LogP contribution in [0.5, 0.6) is 11.5 Å². The molecule has 0 spiro atoms. The molecule has 0 saturated heterocycles. The smallest absolute Gasteiger partial charge is 0.118 e. The molecule has 31 heavy (non-hydrogen) atoms. The highest BCUT2D eigenvalue weighted by atomic mass is 16.5. The molecule has 1 aromatic heterocycles. The van der Waals surface area contributed by atoms with Crippen molar-refractivity contribution in [1.82, 2.24) is 4.98 Å². The lowest BCUT2D eigenvalue weighted by Gasteiger charge is -2.25. The van der Waals surface area contributed by atoms with Crippen LogP contribution in [0.1, 0.15) is 36.2 Å². The SMILES string of the molecule is CCc1ncccc1N1N=C(C=Cc2ccc(OC)cc2)CC1c1ccc(OC)cc1. The Morgan fingerprint density at radius 1 is 0.935 bits per heavy atom. The molecule has 0 saturated carbocycles. The van der Waals surface area contributed by atoms with Crippen LogP contribution in [-0.2, 0) is 6.42 Å². The number of nitrogens with zero attached hydrogens (tertiary/aromatic N) is 3. The Morgan fingerprint density at radius 2 is 1.61 bits per heavy atom. The van der Waals surface area contributed by atoms with E-state index in [0.717, 1.165) is 47.0 Å². The highest BCUT2D eigenvalue weighted by Gasteiger charge is 2.29. The Bertz CT molecular complexity index is 1070. The highest BCUT2D eigenvalue weighted by Crippen LogP contribution is 2.37. The number of methoxy groups -OCH3 is 2. The van der Waals surface area contributed by atoms with Gasteiger partial charge < -0.3 is 9.47 Å². The summed E-state index contributed by atoms with van der Waals surface area (Å²) in [4.78, 5) is 4.57. The number of benzene rings is 2. The molecule has 4 rings (SSSR count). The average molecular weight is 414 g/mol. The van der Waals surface area contributed by atoms with Crippen molar-refractivity contribution in [3.05, 3.63) is 89.8 Å². The lowest BCUT2D eigenvalue weighted by molar-refractivity contribution is 0.414. The summed E-state index contributed by atoms with van der Waals surface area (Å²) in [7, 11) is 3.36. The molecule has 1 aliphatic heterocycles. The second-order valence-electron chi connectivity index (χ2n) is 7.36. The Balaban J connectivity index is 1.65. The fourth-order valence-electron chi connectivity index (χ4n) is 3.76. The van der Waals surface area contributed by atoms with Crippen molar-refractivity contribution < 1.29 is 9.47 Å². The van der Waals surface area contributed by atoms with Gasteiger partial charge in [0.25, 0.3) is 0 Å². The number of aromatic nitrogens is 1. The number of hydrogen-bond donors (Lipinski definition) is 0. The summed E-state index contributed by atoms with van der Waals surface area (Å²) in [5, 5.41) is 7.10. The van der Waals surface area contributed by atoms with Crippen molar-refractivity contribution in [3.63, 3.8) is 0 Å². The van der Waals surface area contributed by atoms with Gasteiger partial charge in [0.1, 0.15) is 11.5 Å². The number of anilines is 1. The van der Waals surface area contributed by atoms with Gasteiger partial charge in [-0.05, 0) is 60.0 Å². The van der Waals surface area contributed by atoms with Gasteiger partial charge in [0.05, 0.1) is 37.4 Å². The van der Waals surface area contributed by atoms with Crippen LogP contribution in [0.3, 0.4) is 0 Å². The summed E-state index contributed by atoms with van der Waals surface area (Å²) >= 11 is 0. The van der Waals surface area contributed by atoms with Crippen molar-refractivity contribution in [2.45, 2.75) is 25.8 Å². The van der Waals surface area contributed by atoms with Crippen LogP contribution in [0, 0.1) is 0 Å². The zero-order chi connectivity index (χ0) is 21.6. The molecule has 1 aliphatic rings. The molecule has 0 radical (unpaired) electrons. The molecule has 0 N–H and O–H groups in total. The second kappa shape index (κ2) is 9.47. The molecule has 0 amide bonds. The van der Waals surface area contributed by atoms with Crippen LogP contribution in [0.2, 0.25) is 0 Å². The van der Waals surface area contributed by atoms with Gasteiger partial charge in [-0.2, -0.15) is 5.10 Å². The van der Waals surface area contributed by atoms with Gasteiger partial charge in [-0.3, -0.25) is 9.99 Å². The lowest BCUT2D eigenvalue weighted by atomic mass is 10.0. The first kappa shape index (κ1) is 20.7. The summed E-state index contributed by atoms with van der Waals surface area (Å²) in [6.45, 7) is 2.12. The summed E-state index contributed by atoms with van der Waals surface area (Å²) < 4.78 is 10.6. The largest absolute Gasteiger partial charge is 0.497 e. The van der Waals surface area contributed by atoms with Gasteiger partial charge >= 0.3 is 0 Å². The number of pyridine rings is 1. The molecule has 2 heterocycles. The van der Waals surface area contributed by atoms with Crippen LogP contribution in [-0.4, -0.2) is 24.9 Å². The molecule has 1 atom stereocenters. The highest BCUT2D eigenvalue weighted by molar-refractivity contribution is 6.01. The van der Waals surface area contributed by atoms with Gasteiger partial charge in [-0.25, -0.2) is 0 Å². The van der Waals surface area contributed by atoms with Crippen molar-refractivity contribution in [1.29, 1.82) is 0 Å². The van der Waals surface area contributed by atoms with Crippen molar-refractivity contribution in [2.24, 2.45) is 5.10 Å². The Hall–Kier alpha value is -3.60. The number of aryl methyl sites for hydroxylation is 1. The molecule has 1 unspecified atom stereocenters. The fourth-order valence-corrected chi connectivity index (χ4v) is 3.76. The molecule has 0 bridgehead atoms. The second-order valence-corrected chi connectivity index (χ2v) is 7.36. The van der Waals surface area contributed by atoms with E-state index in [2.05, 4.69) is 47.3 Å². The van der Waals surface area contributed by atoms with E-state index in [1.165, 1.54) is 5.56 Å². The molecular weight excluding hydrogens is 386 g/mol. The lowest BCUT2D eigenvalue weighted by Crippen LogP contribution is -2.20. The van der Waals surface area contributed by atoms with Crippen LogP contribution in [0.15, 0.2) is 78.0 Å². The van der Waals surface area contributed by atoms with Crippen molar-refractivity contribution >= 4 is 17.5 Å². The standard InChI is InChI=1S/C26H27N3O2/c1-4-24-25(6-5-17-27-24)29-26(20-10-15-23(31-3)16-11-20)18-21(28-29)12-7-19-8-13-22(30-2)14-9-19/h5-17,26H,4,18H2,1-3H3. The molecule has 0 aliphatic carbocycles. The number of ether oxygens (including phenoxy) is 2. The van der Waals surface area contributed by atoms with Crippen LogP contribution in [0.4, 0.5) is 5.69 Å². The van der Waals surface area contributed by atoms with E-state index >= 15 is 0 Å². The first-order valence-electron chi connectivity index (χ1n) is 10.5. The third kappa shape index (κ3) is 4.61. The monoisotopic (exact) mass is 413 g/mol. The molecule has 3 aromatic rings. The molecule has 0 fully saturated rings. The Morgan fingerprint density at radius 3 is 2.26 bits per heavy atom. The van der Waals surface area contributed by atoms with Gasteiger partial charge in [0.2, 0.25) is 0 Å². The van der Waals surface area contributed by atoms with E-state index in [0.29, 0.717) is 0 Å². The molecule has 158 valence electrons. The maximum atomic E-state index is 5.33. The Labute approximate surface area is 183 Å². The minimum Gasteiger partial charge on any atom is -0.497 e. The van der Waals surface area contributed by atoms with E-state index in [9.17, 15) is 0 Å². The van der Waals surface area contributed by atoms with Crippen LogP contribution in [0.25, 0.3) is 6.08 Å². The maximum absolute atomic E-state index is 5.33. The quantitative estimate of drug-likeness (QED) is 0.500. The topological polar surface area (TPSA) is 47.0 Å². The maximum Gasteiger partial charge on any atom is 0.118 e. The summed E-state index contributed by atoms with van der Waals surface area (Å²) in [6, 6.07) is 20.4. The third-order valence-corrected chi connectivity index (χ3v) is 5.47. The minimum absolute atomic E-state index is 0.107. The third-order valence-electron chi connectivity index (χ3n) is 5.47. The minimum atomic E-state index is 0.107. The molecule has 5 heteroatoms. The van der Waals surface area contributed by atoms with Crippen LogP contribution >= 0.6 is 0 Å². The van der Waals surface area contributed by atoms with Gasteiger partial charge in [0, 0.05) is 12.6 Å². The number of hydrogen-bond acceptors (Lipinski definition) is 5. The fraction of sp³-hybridized carbons (Fsp3) is 0.231. The van der Waals surface area contributed by atoms with Gasteiger partial charge in [0.15, 0.2) is 0 Å². The average Bonchev–Trinajstić information content (AvgIpc) is 3.27. The molecular formula is C26H27N3O2. The normalized spacial score (nSPS) is 15.9. The van der Waals surface area contributed by atoms with E-state index in [1.807, 2.05) is 48.7 Å². The van der Waals surface area contributed by atoms with Crippen LogP contribution < -0.4 is 14.5 Å². The first-order chi connectivity index (χ1) is 15.2. The molecule has 5 nitrogen and oxygen atoms in total. The van der Waals surface area contributed by atoms with E-state index in [-0.39, 0.29) is 6.04 Å². The summed E-state index contributed by atoms with van der Waals surface area (Å²) in [5.74, 6) is 1.70. The van der Waals surface area contributed by atoms with Gasteiger partial charge in [-0.15, -0.1) is 0 Å². The summed E-state index contributed by atoms with van der Waals surface area (Å²) in [6.07, 6.45) is 7.71. The molecule has 2 aromatic carbocycles. The van der Waals surface area contributed by atoms with E-state index in [1.54, 1.807) is 14.2 Å². The predicted octanol–water partition coefficient (Wildman–Crippen LogP) is 5.68.